The molecule has 0 bridgehead atoms. The summed E-state index contributed by atoms with van der Waals surface area (Å²) in [5, 5.41) is 2.96. The highest BCUT2D eigenvalue weighted by Crippen LogP contribution is 2.29. The Morgan fingerprint density at radius 1 is 1.35 bits per heavy atom. The molecule has 5 nitrogen and oxygen atoms in total. The van der Waals surface area contributed by atoms with E-state index < -0.39 is 15.7 Å². The summed E-state index contributed by atoms with van der Waals surface area (Å²) in [5.41, 5.74) is 6.39. The van der Waals surface area contributed by atoms with Gasteiger partial charge in [0.1, 0.15) is 9.84 Å². The minimum Gasteiger partial charge on any atom is -0.488 e. The number of halogens is 1. The Bertz CT molecular complexity index is 573. The van der Waals surface area contributed by atoms with Crippen LogP contribution in [0, 0.1) is 5.82 Å². The third-order valence-corrected chi connectivity index (χ3v) is 3.53. The van der Waals surface area contributed by atoms with Crippen LogP contribution in [0.4, 0.5) is 15.8 Å². The van der Waals surface area contributed by atoms with E-state index in [9.17, 15) is 12.8 Å². The van der Waals surface area contributed by atoms with Gasteiger partial charge >= 0.3 is 0 Å². The fourth-order valence-electron chi connectivity index (χ4n) is 1.80. The lowest BCUT2D eigenvalue weighted by atomic mass is 10.2. The van der Waals surface area contributed by atoms with Gasteiger partial charge in [-0.3, -0.25) is 0 Å². The maximum Gasteiger partial charge on any atom is 0.167 e. The fourth-order valence-corrected chi connectivity index (χ4v) is 2.79. The van der Waals surface area contributed by atoms with Gasteiger partial charge in [0.05, 0.1) is 23.2 Å². The van der Waals surface area contributed by atoms with E-state index >= 15 is 0 Å². The molecular formula is C13H21FN2O3S. The zero-order valence-corrected chi connectivity index (χ0v) is 12.9. The molecule has 7 heteroatoms. The number of hydrogen-bond acceptors (Lipinski definition) is 5. The van der Waals surface area contributed by atoms with Gasteiger partial charge in [-0.05, 0) is 20.8 Å². The number of hydrogen-bond donors (Lipinski definition) is 2. The number of anilines is 2. The molecule has 0 heterocycles. The second-order valence-electron chi connectivity index (χ2n) is 5.17. The van der Waals surface area contributed by atoms with Crippen LogP contribution in [-0.2, 0) is 9.84 Å². The Hall–Kier alpha value is -1.50. The first-order valence-corrected chi connectivity index (χ1v) is 8.34. The van der Waals surface area contributed by atoms with Gasteiger partial charge in [0.25, 0.3) is 0 Å². The van der Waals surface area contributed by atoms with Gasteiger partial charge in [-0.25, -0.2) is 12.8 Å². The van der Waals surface area contributed by atoms with Crippen LogP contribution in [0.15, 0.2) is 12.1 Å². The molecular weight excluding hydrogens is 283 g/mol. The number of sulfone groups is 1. The predicted molar refractivity (Wildman–Crippen MR) is 79.4 cm³/mol. The Labute approximate surface area is 119 Å². The monoisotopic (exact) mass is 304 g/mol. The van der Waals surface area contributed by atoms with Crippen molar-refractivity contribution in [2.24, 2.45) is 0 Å². The maximum atomic E-state index is 13.7. The Balaban J connectivity index is 2.94. The molecule has 20 heavy (non-hydrogen) atoms. The third kappa shape index (κ3) is 5.24. The Kier molecular flexibility index (Phi) is 5.21. The summed E-state index contributed by atoms with van der Waals surface area (Å²) in [7, 11) is -3.10. The van der Waals surface area contributed by atoms with Gasteiger partial charge in [0.15, 0.2) is 11.6 Å². The fraction of sp³-hybridized carbons (Fsp3) is 0.538. The minimum absolute atomic E-state index is 0.0375. The second-order valence-corrected chi connectivity index (χ2v) is 7.36. The number of rotatable bonds is 6. The van der Waals surface area contributed by atoms with E-state index in [2.05, 4.69) is 5.32 Å². The average Bonchev–Trinajstić information content (AvgIpc) is 2.21. The standard InChI is InChI=1S/C13H21FN2O3S/c1-8(2)19-13-6-12(11(15)5-10(13)14)16-9(3)7-20(4,17)18/h5-6,8-9,16H,7,15H2,1-4H3. The van der Waals surface area contributed by atoms with E-state index in [4.69, 9.17) is 10.5 Å². The zero-order chi connectivity index (χ0) is 15.5. The van der Waals surface area contributed by atoms with Crippen LogP contribution >= 0.6 is 0 Å². The molecule has 1 aromatic rings. The summed E-state index contributed by atoms with van der Waals surface area (Å²) in [6.45, 7) is 5.29. The lowest BCUT2D eigenvalue weighted by Gasteiger charge is -2.18. The molecule has 0 spiro atoms. The molecule has 0 saturated heterocycles. The van der Waals surface area contributed by atoms with Gasteiger partial charge in [-0.1, -0.05) is 0 Å². The van der Waals surface area contributed by atoms with Crippen molar-refractivity contribution < 1.29 is 17.5 Å². The van der Waals surface area contributed by atoms with Gasteiger partial charge < -0.3 is 15.8 Å². The molecule has 114 valence electrons. The van der Waals surface area contributed by atoms with E-state index in [0.29, 0.717) is 5.69 Å². The van der Waals surface area contributed by atoms with Crippen LogP contribution in [0.2, 0.25) is 0 Å². The van der Waals surface area contributed by atoms with Crippen molar-refractivity contribution in [2.45, 2.75) is 32.9 Å². The molecule has 1 atom stereocenters. The number of nitrogen functional groups attached to an aromatic ring is 1. The van der Waals surface area contributed by atoms with E-state index in [0.717, 1.165) is 12.3 Å². The Morgan fingerprint density at radius 2 is 1.95 bits per heavy atom. The van der Waals surface area contributed by atoms with E-state index in [-0.39, 0.29) is 29.3 Å². The van der Waals surface area contributed by atoms with E-state index in [1.165, 1.54) is 6.07 Å². The molecule has 0 aliphatic rings. The molecule has 1 aromatic carbocycles. The highest BCUT2D eigenvalue weighted by atomic mass is 32.2. The zero-order valence-electron chi connectivity index (χ0n) is 12.1. The first kappa shape index (κ1) is 16.6. The molecule has 1 unspecified atom stereocenters. The smallest absolute Gasteiger partial charge is 0.167 e. The summed E-state index contributed by atoms with van der Waals surface area (Å²) in [6, 6.07) is 2.26. The van der Waals surface area contributed by atoms with Crippen molar-refractivity contribution in [1.82, 2.24) is 0 Å². The first-order valence-electron chi connectivity index (χ1n) is 6.28. The van der Waals surface area contributed by atoms with E-state index in [1.54, 1.807) is 20.8 Å². The van der Waals surface area contributed by atoms with E-state index in [1.807, 2.05) is 0 Å². The van der Waals surface area contributed by atoms with Gasteiger partial charge in [-0.15, -0.1) is 0 Å². The number of benzene rings is 1. The van der Waals surface area contributed by atoms with Crippen molar-refractivity contribution in [3.05, 3.63) is 17.9 Å². The molecule has 0 aliphatic heterocycles. The third-order valence-electron chi connectivity index (χ3n) is 2.42. The molecule has 0 radical (unpaired) electrons. The SMILES string of the molecule is CC(CS(C)(=O)=O)Nc1cc(OC(C)C)c(F)cc1N. The average molecular weight is 304 g/mol. The normalized spacial score (nSPS) is 13.3. The quantitative estimate of drug-likeness (QED) is 0.786. The largest absolute Gasteiger partial charge is 0.488 e. The summed E-state index contributed by atoms with van der Waals surface area (Å²) in [4.78, 5) is 0. The summed E-state index contributed by atoms with van der Waals surface area (Å²) in [5.74, 6) is -0.495. The van der Waals surface area contributed by atoms with Crippen molar-refractivity contribution >= 4 is 21.2 Å². The van der Waals surface area contributed by atoms with Crippen LogP contribution in [-0.4, -0.2) is 32.6 Å². The Morgan fingerprint density at radius 3 is 2.45 bits per heavy atom. The lowest BCUT2D eigenvalue weighted by molar-refractivity contribution is 0.231. The highest BCUT2D eigenvalue weighted by Gasteiger charge is 2.15. The molecule has 3 N–H and O–H groups in total. The number of ether oxygens (including phenoxy) is 1. The van der Waals surface area contributed by atoms with Crippen LogP contribution in [0.25, 0.3) is 0 Å². The van der Waals surface area contributed by atoms with Gasteiger partial charge in [0.2, 0.25) is 0 Å². The topological polar surface area (TPSA) is 81.4 Å². The van der Waals surface area contributed by atoms with Crippen molar-refractivity contribution in [2.75, 3.05) is 23.1 Å². The molecule has 0 fully saturated rings. The summed E-state index contributed by atoms with van der Waals surface area (Å²) < 4.78 is 41.5. The van der Waals surface area contributed by atoms with Crippen LogP contribution in [0.5, 0.6) is 5.75 Å². The highest BCUT2D eigenvalue weighted by molar-refractivity contribution is 7.90. The molecule has 0 amide bonds. The van der Waals surface area contributed by atoms with Crippen molar-refractivity contribution in [1.29, 1.82) is 0 Å². The second kappa shape index (κ2) is 6.30. The van der Waals surface area contributed by atoms with Crippen LogP contribution in [0.3, 0.4) is 0 Å². The molecule has 1 rings (SSSR count). The van der Waals surface area contributed by atoms with Gasteiger partial charge in [0, 0.05) is 24.4 Å². The maximum absolute atomic E-state index is 13.7. The van der Waals surface area contributed by atoms with Crippen molar-refractivity contribution in [3.8, 4) is 5.75 Å². The predicted octanol–water partition coefficient (Wildman–Crippen LogP) is 2.04. The molecule has 0 saturated carbocycles. The van der Waals surface area contributed by atoms with Crippen LogP contribution in [0.1, 0.15) is 20.8 Å². The number of nitrogens with one attached hydrogen (secondary N) is 1. The lowest BCUT2D eigenvalue weighted by Crippen LogP contribution is -2.25. The molecule has 0 aliphatic carbocycles. The first-order chi connectivity index (χ1) is 9.08. The minimum atomic E-state index is -3.10. The van der Waals surface area contributed by atoms with Crippen molar-refractivity contribution in [3.63, 3.8) is 0 Å². The van der Waals surface area contributed by atoms with Crippen LogP contribution < -0.4 is 15.8 Å². The number of nitrogens with two attached hydrogens (primary N) is 1. The summed E-state index contributed by atoms with van der Waals surface area (Å²) >= 11 is 0. The van der Waals surface area contributed by atoms with Gasteiger partial charge in [-0.2, -0.15) is 0 Å². The molecule has 0 aromatic heterocycles. The summed E-state index contributed by atoms with van der Waals surface area (Å²) in [6.07, 6.45) is 0.987.